The van der Waals surface area contributed by atoms with Gasteiger partial charge in [0.15, 0.2) is 0 Å². The highest BCUT2D eigenvalue weighted by atomic mass is 35.5. The third kappa shape index (κ3) is 4.38. The zero-order valence-electron chi connectivity index (χ0n) is 16.0. The van der Waals surface area contributed by atoms with Gasteiger partial charge in [0, 0.05) is 29.4 Å². The molecule has 2 atom stereocenters. The quantitative estimate of drug-likeness (QED) is 0.815. The molecule has 6 nitrogen and oxygen atoms in total. The zero-order chi connectivity index (χ0) is 20.5. The first-order valence-electron chi connectivity index (χ1n) is 9.00. The Balaban J connectivity index is 1.77. The number of nitrogens with zero attached hydrogens (tertiary/aromatic N) is 1. The number of hydrogen-bond acceptors (Lipinski definition) is 4. The molecule has 1 amide bonds. The minimum atomic E-state index is -3.64. The highest BCUT2D eigenvalue weighted by molar-refractivity contribution is 7.89. The van der Waals surface area contributed by atoms with Crippen LogP contribution in [0.15, 0.2) is 47.4 Å². The Morgan fingerprint density at radius 2 is 1.71 bits per heavy atom. The Bertz CT molecular complexity index is 966. The number of sulfonamides is 1. The standard InChI is InChI=1S/C20H23ClN2O4S/c1-13-11-23(12-14(2)27-13)28(25,26)17-9-7-16(8-10-17)20(24)22-19-6-4-5-18(21)15(19)3/h4-10,13-14H,11-12H2,1-3H3,(H,22,24)/t13-,14-/m1/s1. The molecule has 0 bridgehead atoms. The van der Waals surface area contributed by atoms with Crippen LogP contribution in [-0.2, 0) is 14.8 Å². The lowest BCUT2D eigenvalue weighted by molar-refractivity contribution is -0.0440. The van der Waals surface area contributed by atoms with Crippen molar-refractivity contribution < 1.29 is 17.9 Å². The molecule has 0 aromatic heterocycles. The van der Waals surface area contributed by atoms with Gasteiger partial charge in [-0.05, 0) is 62.7 Å². The number of anilines is 1. The maximum absolute atomic E-state index is 12.9. The van der Waals surface area contributed by atoms with Crippen LogP contribution in [0.2, 0.25) is 5.02 Å². The molecule has 28 heavy (non-hydrogen) atoms. The molecule has 1 fully saturated rings. The molecule has 0 radical (unpaired) electrons. The molecule has 0 saturated carbocycles. The predicted octanol–water partition coefficient (Wildman–Crippen LogP) is 3.70. The zero-order valence-corrected chi connectivity index (χ0v) is 17.5. The van der Waals surface area contributed by atoms with E-state index < -0.39 is 10.0 Å². The van der Waals surface area contributed by atoms with Crippen LogP contribution in [0.4, 0.5) is 5.69 Å². The van der Waals surface area contributed by atoms with Crippen LogP contribution in [0.25, 0.3) is 0 Å². The molecule has 1 aliphatic heterocycles. The van der Waals surface area contributed by atoms with E-state index in [1.54, 1.807) is 18.2 Å². The van der Waals surface area contributed by atoms with Gasteiger partial charge in [-0.3, -0.25) is 4.79 Å². The normalized spacial score (nSPS) is 20.7. The predicted molar refractivity (Wildman–Crippen MR) is 109 cm³/mol. The molecule has 150 valence electrons. The number of amides is 1. The van der Waals surface area contributed by atoms with E-state index in [4.69, 9.17) is 16.3 Å². The summed E-state index contributed by atoms with van der Waals surface area (Å²) < 4.78 is 32.8. The first kappa shape index (κ1) is 20.8. The van der Waals surface area contributed by atoms with Gasteiger partial charge in [-0.25, -0.2) is 8.42 Å². The van der Waals surface area contributed by atoms with Crippen molar-refractivity contribution in [2.75, 3.05) is 18.4 Å². The van der Waals surface area contributed by atoms with Crippen molar-refractivity contribution in [1.82, 2.24) is 4.31 Å². The van der Waals surface area contributed by atoms with E-state index in [1.807, 2.05) is 20.8 Å². The number of hydrogen-bond donors (Lipinski definition) is 1. The van der Waals surface area contributed by atoms with Crippen molar-refractivity contribution in [3.8, 4) is 0 Å². The van der Waals surface area contributed by atoms with Gasteiger partial charge in [-0.2, -0.15) is 4.31 Å². The van der Waals surface area contributed by atoms with Gasteiger partial charge in [0.2, 0.25) is 10.0 Å². The molecule has 1 aliphatic rings. The number of rotatable bonds is 4. The minimum Gasteiger partial charge on any atom is -0.373 e. The fraction of sp³-hybridized carbons (Fsp3) is 0.350. The summed E-state index contributed by atoms with van der Waals surface area (Å²) in [5.74, 6) is -0.331. The van der Waals surface area contributed by atoms with Gasteiger partial charge >= 0.3 is 0 Å². The fourth-order valence-electron chi connectivity index (χ4n) is 3.19. The molecule has 2 aromatic rings. The van der Waals surface area contributed by atoms with E-state index in [2.05, 4.69) is 5.32 Å². The second-order valence-electron chi connectivity index (χ2n) is 6.97. The van der Waals surface area contributed by atoms with Crippen LogP contribution < -0.4 is 5.32 Å². The van der Waals surface area contributed by atoms with Crippen molar-refractivity contribution in [1.29, 1.82) is 0 Å². The van der Waals surface area contributed by atoms with E-state index in [1.165, 1.54) is 28.6 Å². The maximum Gasteiger partial charge on any atom is 0.255 e. The SMILES string of the molecule is Cc1c(Cl)cccc1NC(=O)c1ccc(S(=O)(=O)N2C[C@@H](C)O[C@H](C)C2)cc1. The van der Waals surface area contributed by atoms with Crippen molar-refractivity contribution in [2.24, 2.45) is 0 Å². The first-order chi connectivity index (χ1) is 13.2. The fourth-order valence-corrected chi connectivity index (χ4v) is 4.96. The number of benzene rings is 2. The van der Waals surface area contributed by atoms with Crippen LogP contribution in [0, 0.1) is 6.92 Å². The lowest BCUT2D eigenvalue weighted by atomic mass is 10.1. The van der Waals surface area contributed by atoms with Crippen molar-refractivity contribution in [2.45, 2.75) is 37.9 Å². The largest absolute Gasteiger partial charge is 0.373 e. The second-order valence-corrected chi connectivity index (χ2v) is 9.32. The summed E-state index contributed by atoms with van der Waals surface area (Å²) in [6.45, 7) is 6.14. The number of ether oxygens (including phenoxy) is 1. The monoisotopic (exact) mass is 422 g/mol. The first-order valence-corrected chi connectivity index (χ1v) is 10.8. The number of halogens is 1. The summed E-state index contributed by atoms with van der Waals surface area (Å²) in [6.07, 6.45) is -0.325. The molecule has 2 aromatic carbocycles. The highest BCUT2D eigenvalue weighted by Gasteiger charge is 2.32. The van der Waals surface area contributed by atoms with Gasteiger partial charge in [-0.1, -0.05) is 17.7 Å². The Labute approximate surface area is 170 Å². The van der Waals surface area contributed by atoms with Gasteiger partial charge in [0.25, 0.3) is 5.91 Å². The second kappa shape index (κ2) is 8.21. The van der Waals surface area contributed by atoms with Crippen molar-refractivity contribution >= 4 is 33.2 Å². The van der Waals surface area contributed by atoms with Gasteiger partial charge in [-0.15, -0.1) is 0 Å². The topological polar surface area (TPSA) is 75.7 Å². The van der Waals surface area contributed by atoms with Gasteiger partial charge in [0.1, 0.15) is 0 Å². The summed E-state index contributed by atoms with van der Waals surface area (Å²) in [5, 5.41) is 3.36. The Hall–Kier alpha value is -1.93. The molecule has 1 heterocycles. The Kier molecular flexibility index (Phi) is 6.09. The van der Waals surface area contributed by atoms with Crippen LogP contribution in [0.3, 0.4) is 0 Å². The van der Waals surface area contributed by atoms with Gasteiger partial charge < -0.3 is 10.1 Å². The van der Waals surface area contributed by atoms with E-state index in [0.29, 0.717) is 29.4 Å². The third-order valence-electron chi connectivity index (χ3n) is 4.66. The molecule has 0 unspecified atom stereocenters. The maximum atomic E-state index is 12.9. The minimum absolute atomic E-state index is 0.157. The van der Waals surface area contributed by atoms with E-state index in [9.17, 15) is 13.2 Å². The average Bonchev–Trinajstić information content (AvgIpc) is 2.64. The number of nitrogens with one attached hydrogen (secondary N) is 1. The van der Waals surface area contributed by atoms with E-state index in [-0.39, 0.29) is 23.0 Å². The van der Waals surface area contributed by atoms with Crippen LogP contribution in [0.1, 0.15) is 29.8 Å². The lowest BCUT2D eigenvalue weighted by Gasteiger charge is -2.34. The average molecular weight is 423 g/mol. The van der Waals surface area contributed by atoms with Crippen LogP contribution >= 0.6 is 11.6 Å². The Morgan fingerprint density at radius 1 is 1.11 bits per heavy atom. The number of carbonyl (C=O) groups is 1. The van der Waals surface area contributed by atoms with Gasteiger partial charge in [0.05, 0.1) is 17.1 Å². The summed E-state index contributed by atoms with van der Waals surface area (Å²) in [6, 6.07) is 11.2. The highest BCUT2D eigenvalue weighted by Crippen LogP contribution is 2.24. The molecule has 0 spiro atoms. The summed E-state index contributed by atoms with van der Waals surface area (Å²) in [4.78, 5) is 12.7. The molecule has 8 heteroatoms. The van der Waals surface area contributed by atoms with Crippen LogP contribution in [0.5, 0.6) is 0 Å². The molecule has 1 N–H and O–H groups in total. The molecule has 3 rings (SSSR count). The number of carbonyl (C=O) groups excluding carboxylic acids is 1. The molecular formula is C20H23ClN2O4S. The molecular weight excluding hydrogens is 400 g/mol. The molecule has 1 saturated heterocycles. The summed E-state index contributed by atoms with van der Waals surface area (Å²) >= 11 is 6.08. The molecule has 0 aliphatic carbocycles. The summed E-state index contributed by atoms with van der Waals surface area (Å²) in [5.41, 5.74) is 1.75. The van der Waals surface area contributed by atoms with Crippen molar-refractivity contribution in [3.05, 3.63) is 58.6 Å². The van der Waals surface area contributed by atoms with E-state index in [0.717, 1.165) is 5.56 Å². The third-order valence-corrected chi connectivity index (χ3v) is 6.91. The smallest absolute Gasteiger partial charge is 0.255 e. The Morgan fingerprint density at radius 3 is 2.32 bits per heavy atom. The number of morpholine rings is 1. The summed E-state index contributed by atoms with van der Waals surface area (Å²) in [7, 11) is -3.64. The lowest BCUT2D eigenvalue weighted by Crippen LogP contribution is -2.48. The van der Waals surface area contributed by atoms with E-state index >= 15 is 0 Å². The van der Waals surface area contributed by atoms with Crippen molar-refractivity contribution in [3.63, 3.8) is 0 Å². The van der Waals surface area contributed by atoms with Crippen LogP contribution in [-0.4, -0.2) is 43.9 Å².